The molecule has 0 unspecified atom stereocenters. The second-order valence-electron chi connectivity index (χ2n) is 4.74. The van der Waals surface area contributed by atoms with E-state index in [1.807, 2.05) is 36.4 Å². The lowest BCUT2D eigenvalue weighted by atomic mass is 10.2. The third-order valence-electron chi connectivity index (χ3n) is 3.08. The van der Waals surface area contributed by atoms with Gasteiger partial charge in [-0.2, -0.15) is 5.26 Å². The molecule has 0 fully saturated rings. The number of nitrogens with zero attached hydrogens (tertiary/aromatic N) is 1. The molecule has 0 atom stereocenters. The summed E-state index contributed by atoms with van der Waals surface area (Å²) in [5.74, 6) is 0.225. The van der Waals surface area contributed by atoms with Crippen molar-refractivity contribution in [2.24, 2.45) is 0 Å². The zero-order valence-corrected chi connectivity index (χ0v) is 12.8. The summed E-state index contributed by atoms with van der Waals surface area (Å²) in [5, 5.41) is 8.84. The number of methoxy groups -OCH3 is 1. The van der Waals surface area contributed by atoms with E-state index in [2.05, 4.69) is 0 Å². The molecule has 118 valence electrons. The molecule has 0 aliphatic heterocycles. The van der Waals surface area contributed by atoms with Gasteiger partial charge in [-0.3, -0.25) is 4.79 Å². The first-order chi connectivity index (χ1) is 11.2. The zero-order valence-electron chi connectivity index (χ0n) is 12.8. The number of nitriles is 1. The monoisotopic (exact) mass is 311 g/mol. The number of benzene rings is 2. The Bertz CT molecular complexity index is 692. The van der Waals surface area contributed by atoms with Crippen molar-refractivity contribution < 1.29 is 19.0 Å². The van der Waals surface area contributed by atoms with E-state index < -0.39 is 5.97 Å². The highest BCUT2D eigenvalue weighted by Crippen LogP contribution is 2.28. The van der Waals surface area contributed by atoms with E-state index in [1.54, 1.807) is 12.1 Å². The number of hydrogen-bond donors (Lipinski definition) is 0. The lowest BCUT2D eigenvalue weighted by Gasteiger charge is -2.09. The van der Waals surface area contributed by atoms with E-state index in [9.17, 15) is 4.79 Å². The van der Waals surface area contributed by atoms with Crippen molar-refractivity contribution >= 4 is 5.97 Å². The van der Waals surface area contributed by atoms with Gasteiger partial charge in [-0.25, -0.2) is 0 Å². The SMILES string of the molecule is COc1cc(C#N)ccc1OC(=O)CCOCc1ccccc1. The fourth-order valence-corrected chi connectivity index (χ4v) is 1.91. The minimum absolute atomic E-state index is 0.135. The molecule has 23 heavy (non-hydrogen) atoms. The van der Waals surface area contributed by atoms with E-state index >= 15 is 0 Å². The Kier molecular flexibility index (Phi) is 6.16. The fraction of sp³-hybridized carbons (Fsp3) is 0.222. The molecule has 0 aliphatic carbocycles. The molecule has 0 amide bonds. The van der Waals surface area contributed by atoms with Crippen LogP contribution in [0, 0.1) is 11.3 Å². The van der Waals surface area contributed by atoms with Crippen LogP contribution in [0.4, 0.5) is 0 Å². The normalized spacial score (nSPS) is 9.91. The Morgan fingerprint density at radius 2 is 1.91 bits per heavy atom. The summed E-state index contributed by atoms with van der Waals surface area (Å²) in [6.45, 7) is 0.723. The number of carbonyl (C=O) groups excluding carboxylic acids is 1. The van der Waals surface area contributed by atoms with E-state index in [0.717, 1.165) is 5.56 Å². The van der Waals surface area contributed by atoms with E-state index in [0.29, 0.717) is 23.7 Å². The minimum atomic E-state index is -0.416. The summed E-state index contributed by atoms with van der Waals surface area (Å²) < 4.78 is 15.8. The largest absolute Gasteiger partial charge is 0.493 e. The van der Waals surface area contributed by atoms with Gasteiger partial charge in [-0.05, 0) is 17.7 Å². The maximum atomic E-state index is 11.8. The zero-order chi connectivity index (χ0) is 16.5. The molecule has 5 nitrogen and oxygen atoms in total. The molecule has 0 radical (unpaired) electrons. The van der Waals surface area contributed by atoms with Crippen LogP contribution in [0.1, 0.15) is 17.5 Å². The molecular formula is C18H17NO4. The van der Waals surface area contributed by atoms with Gasteiger partial charge < -0.3 is 14.2 Å². The minimum Gasteiger partial charge on any atom is -0.493 e. The van der Waals surface area contributed by atoms with Gasteiger partial charge in [0.1, 0.15) is 0 Å². The molecule has 2 aromatic carbocycles. The number of hydrogen-bond acceptors (Lipinski definition) is 5. The van der Waals surface area contributed by atoms with Crippen molar-refractivity contribution in [2.75, 3.05) is 13.7 Å². The molecule has 0 N–H and O–H groups in total. The molecule has 0 aromatic heterocycles. The summed E-state index contributed by atoms with van der Waals surface area (Å²) in [7, 11) is 1.46. The van der Waals surface area contributed by atoms with Gasteiger partial charge in [-0.1, -0.05) is 30.3 Å². The standard InChI is InChI=1S/C18H17NO4/c1-21-17-11-15(12-19)7-8-16(17)23-18(20)9-10-22-13-14-5-3-2-4-6-14/h2-8,11H,9-10,13H2,1H3. The number of carbonyl (C=O) groups is 1. The molecule has 0 spiro atoms. The van der Waals surface area contributed by atoms with Gasteiger partial charge in [0, 0.05) is 6.07 Å². The summed E-state index contributed by atoms with van der Waals surface area (Å²) in [4.78, 5) is 11.8. The second-order valence-corrected chi connectivity index (χ2v) is 4.74. The summed E-state index contributed by atoms with van der Waals surface area (Å²) in [5.41, 5.74) is 1.49. The molecule has 0 bridgehead atoms. The van der Waals surface area contributed by atoms with Crippen LogP contribution in [0.25, 0.3) is 0 Å². The molecule has 0 saturated carbocycles. The molecular weight excluding hydrogens is 294 g/mol. The van der Waals surface area contributed by atoms with Gasteiger partial charge in [-0.15, -0.1) is 0 Å². The predicted molar refractivity (Wildman–Crippen MR) is 84.1 cm³/mol. The van der Waals surface area contributed by atoms with Crippen molar-refractivity contribution in [3.63, 3.8) is 0 Å². The Balaban J connectivity index is 1.80. The highest BCUT2D eigenvalue weighted by molar-refractivity contribution is 5.73. The molecule has 2 aromatic rings. The first-order valence-electron chi connectivity index (χ1n) is 7.13. The predicted octanol–water partition coefficient (Wildman–Crippen LogP) is 3.08. The molecule has 0 aliphatic rings. The van der Waals surface area contributed by atoms with E-state index in [1.165, 1.54) is 13.2 Å². The van der Waals surface area contributed by atoms with Crippen LogP contribution in [0.3, 0.4) is 0 Å². The Morgan fingerprint density at radius 3 is 2.61 bits per heavy atom. The number of rotatable bonds is 7. The third kappa shape index (κ3) is 5.13. The van der Waals surface area contributed by atoms with Crippen molar-refractivity contribution in [1.29, 1.82) is 5.26 Å². The van der Waals surface area contributed by atoms with Gasteiger partial charge in [0.25, 0.3) is 0 Å². The quantitative estimate of drug-likeness (QED) is 0.446. The molecule has 0 heterocycles. The Hall–Kier alpha value is -2.84. The summed E-state index contributed by atoms with van der Waals surface area (Å²) in [6.07, 6.45) is 0.135. The molecule has 0 saturated heterocycles. The van der Waals surface area contributed by atoms with Crippen LogP contribution in [-0.2, 0) is 16.1 Å². The highest BCUT2D eigenvalue weighted by atomic mass is 16.6. The van der Waals surface area contributed by atoms with Crippen LogP contribution in [0.15, 0.2) is 48.5 Å². The van der Waals surface area contributed by atoms with Gasteiger partial charge in [0.15, 0.2) is 11.5 Å². The third-order valence-corrected chi connectivity index (χ3v) is 3.08. The van der Waals surface area contributed by atoms with E-state index in [4.69, 9.17) is 19.5 Å². The first-order valence-corrected chi connectivity index (χ1v) is 7.13. The Labute approximate surface area is 135 Å². The number of ether oxygens (including phenoxy) is 3. The van der Waals surface area contributed by atoms with Crippen molar-refractivity contribution in [1.82, 2.24) is 0 Å². The lowest BCUT2D eigenvalue weighted by molar-refractivity contribution is -0.135. The number of esters is 1. The maximum absolute atomic E-state index is 11.8. The molecule has 5 heteroatoms. The van der Waals surface area contributed by atoms with Crippen molar-refractivity contribution in [3.8, 4) is 17.6 Å². The summed E-state index contributed by atoms with van der Waals surface area (Å²) in [6, 6.07) is 16.4. The fourth-order valence-electron chi connectivity index (χ4n) is 1.91. The average molecular weight is 311 g/mol. The van der Waals surface area contributed by atoms with Crippen LogP contribution >= 0.6 is 0 Å². The van der Waals surface area contributed by atoms with Gasteiger partial charge in [0.05, 0.1) is 38.4 Å². The van der Waals surface area contributed by atoms with Gasteiger partial charge >= 0.3 is 5.97 Å². The van der Waals surface area contributed by atoms with Crippen molar-refractivity contribution in [2.45, 2.75) is 13.0 Å². The lowest BCUT2D eigenvalue weighted by Crippen LogP contribution is -2.12. The smallest absolute Gasteiger partial charge is 0.313 e. The molecule has 2 rings (SSSR count). The average Bonchev–Trinajstić information content (AvgIpc) is 2.60. The first kappa shape index (κ1) is 16.5. The highest BCUT2D eigenvalue weighted by Gasteiger charge is 2.11. The summed E-state index contributed by atoms with van der Waals surface area (Å²) >= 11 is 0. The van der Waals surface area contributed by atoms with Crippen LogP contribution in [-0.4, -0.2) is 19.7 Å². The topological polar surface area (TPSA) is 68.5 Å². The second kappa shape index (κ2) is 8.57. The van der Waals surface area contributed by atoms with Crippen LogP contribution < -0.4 is 9.47 Å². The Morgan fingerprint density at radius 1 is 1.13 bits per heavy atom. The van der Waals surface area contributed by atoms with Crippen LogP contribution in [0.2, 0.25) is 0 Å². The van der Waals surface area contributed by atoms with E-state index in [-0.39, 0.29) is 13.0 Å². The maximum Gasteiger partial charge on any atom is 0.313 e. The van der Waals surface area contributed by atoms with Crippen molar-refractivity contribution in [3.05, 3.63) is 59.7 Å². The van der Waals surface area contributed by atoms with Gasteiger partial charge in [0.2, 0.25) is 0 Å². The van der Waals surface area contributed by atoms with Crippen LogP contribution in [0.5, 0.6) is 11.5 Å².